The number of halogens is 2. The number of rotatable bonds is 4. The summed E-state index contributed by atoms with van der Waals surface area (Å²) in [6.45, 7) is 0.268. The first-order valence-electron chi connectivity index (χ1n) is 5.69. The van der Waals surface area contributed by atoms with Gasteiger partial charge in [0, 0.05) is 6.54 Å². The van der Waals surface area contributed by atoms with E-state index < -0.39 is 10.7 Å². The monoisotopic (exact) mass is 295 g/mol. The molecule has 3 N–H and O–H groups in total. The Hall–Kier alpha value is -2.34. The number of hydrogen-bond donors (Lipinski definition) is 2. The van der Waals surface area contributed by atoms with Gasteiger partial charge in [0.1, 0.15) is 17.2 Å². The highest BCUT2D eigenvalue weighted by atomic mass is 35.5. The lowest BCUT2D eigenvalue weighted by Gasteiger charge is -2.09. The van der Waals surface area contributed by atoms with Crippen LogP contribution in [0.2, 0.25) is 5.02 Å². The molecule has 7 heteroatoms. The molecule has 0 radical (unpaired) electrons. The second-order valence-corrected chi connectivity index (χ2v) is 4.51. The van der Waals surface area contributed by atoms with Crippen molar-refractivity contribution in [3.05, 3.63) is 62.9 Å². The van der Waals surface area contributed by atoms with Crippen molar-refractivity contribution in [2.24, 2.45) is 0 Å². The van der Waals surface area contributed by atoms with Gasteiger partial charge in [0.15, 0.2) is 0 Å². The van der Waals surface area contributed by atoms with E-state index >= 15 is 0 Å². The predicted octanol–water partition coefficient (Wildman–Crippen LogP) is 3.58. The van der Waals surface area contributed by atoms with E-state index in [1.54, 1.807) is 18.2 Å². The third-order valence-electron chi connectivity index (χ3n) is 2.72. The number of nitro benzene ring substituents is 1. The highest BCUT2D eigenvalue weighted by Gasteiger charge is 2.17. The maximum absolute atomic E-state index is 13.0. The van der Waals surface area contributed by atoms with E-state index in [2.05, 4.69) is 5.32 Å². The van der Waals surface area contributed by atoms with Crippen LogP contribution in [0.5, 0.6) is 0 Å². The molecule has 0 aromatic heterocycles. The number of nitrogens with zero attached hydrogens (tertiary/aromatic N) is 1. The first-order valence-corrected chi connectivity index (χ1v) is 6.07. The molecule has 104 valence electrons. The largest absolute Gasteiger partial charge is 0.393 e. The molecule has 0 bridgehead atoms. The van der Waals surface area contributed by atoms with Crippen molar-refractivity contribution >= 4 is 28.7 Å². The summed E-state index contributed by atoms with van der Waals surface area (Å²) in [4.78, 5) is 10.4. The molecule has 5 nitrogen and oxygen atoms in total. The molecule has 20 heavy (non-hydrogen) atoms. The number of para-hydroxylation sites is 1. The van der Waals surface area contributed by atoms with Crippen LogP contribution >= 0.6 is 11.6 Å². The Morgan fingerprint density at radius 2 is 2.10 bits per heavy atom. The third kappa shape index (κ3) is 2.97. The molecule has 0 aliphatic heterocycles. The Morgan fingerprint density at radius 1 is 1.35 bits per heavy atom. The van der Waals surface area contributed by atoms with Crippen LogP contribution < -0.4 is 11.1 Å². The summed E-state index contributed by atoms with van der Waals surface area (Å²) < 4.78 is 13.0. The SMILES string of the molecule is Nc1cccc(NCc2ccc(F)c(Cl)c2)c1[N+](=O)[O-]. The van der Waals surface area contributed by atoms with Gasteiger partial charge < -0.3 is 11.1 Å². The molecular formula is C13H11ClFN3O2. The maximum atomic E-state index is 13.0. The number of nitrogens with one attached hydrogen (secondary N) is 1. The zero-order valence-electron chi connectivity index (χ0n) is 10.3. The van der Waals surface area contributed by atoms with Gasteiger partial charge in [-0.25, -0.2) is 4.39 Å². The molecule has 2 aromatic carbocycles. The molecule has 0 unspecified atom stereocenters. The number of nitrogens with two attached hydrogens (primary N) is 1. The Balaban J connectivity index is 2.21. The summed E-state index contributed by atoms with van der Waals surface area (Å²) in [6, 6.07) is 8.88. The van der Waals surface area contributed by atoms with Gasteiger partial charge in [-0.05, 0) is 29.8 Å². The molecule has 0 aliphatic carbocycles. The molecule has 0 spiro atoms. The zero-order valence-corrected chi connectivity index (χ0v) is 11.0. The van der Waals surface area contributed by atoms with Crippen LogP contribution in [-0.4, -0.2) is 4.92 Å². The molecule has 0 saturated heterocycles. The lowest BCUT2D eigenvalue weighted by molar-refractivity contribution is -0.383. The first kappa shape index (κ1) is 14.1. The van der Waals surface area contributed by atoms with Crippen LogP contribution in [-0.2, 0) is 6.54 Å². The smallest absolute Gasteiger partial charge is 0.314 e. The van der Waals surface area contributed by atoms with Gasteiger partial charge in [0.25, 0.3) is 0 Å². The molecule has 0 amide bonds. The second-order valence-electron chi connectivity index (χ2n) is 4.10. The van der Waals surface area contributed by atoms with Crippen LogP contribution in [0.4, 0.5) is 21.5 Å². The molecule has 0 saturated carbocycles. The molecule has 0 atom stereocenters. The molecule has 0 fully saturated rings. The predicted molar refractivity (Wildman–Crippen MR) is 76.2 cm³/mol. The third-order valence-corrected chi connectivity index (χ3v) is 3.01. The lowest BCUT2D eigenvalue weighted by Crippen LogP contribution is -2.04. The fourth-order valence-electron chi connectivity index (χ4n) is 1.75. The normalized spacial score (nSPS) is 10.3. The highest BCUT2D eigenvalue weighted by molar-refractivity contribution is 6.30. The number of nitro groups is 1. The van der Waals surface area contributed by atoms with Crippen LogP contribution in [0, 0.1) is 15.9 Å². The zero-order chi connectivity index (χ0) is 14.7. The molecule has 2 aromatic rings. The quantitative estimate of drug-likeness (QED) is 0.513. The second kappa shape index (κ2) is 5.75. The van der Waals surface area contributed by atoms with Crippen LogP contribution in [0.25, 0.3) is 0 Å². The molecule has 0 heterocycles. The van der Waals surface area contributed by atoms with E-state index in [1.165, 1.54) is 18.2 Å². The van der Waals surface area contributed by atoms with Gasteiger partial charge in [-0.3, -0.25) is 10.1 Å². The van der Waals surface area contributed by atoms with Crippen molar-refractivity contribution in [2.75, 3.05) is 11.1 Å². The molecular weight excluding hydrogens is 285 g/mol. The standard InChI is InChI=1S/C13H11ClFN3O2/c14-9-6-8(4-5-10(9)15)7-17-12-3-1-2-11(16)13(12)18(19)20/h1-6,17H,7,16H2. The van der Waals surface area contributed by atoms with Crippen molar-refractivity contribution in [2.45, 2.75) is 6.54 Å². The minimum atomic E-state index is -0.546. The number of benzene rings is 2. The van der Waals surface area contributed by atoms with Crippen molar-refractivity contribution in [1.82, 2.24) is 0 Å². The van der Waals surface area contributed by atoms with E-state index in [-0.39, 0.29) is 22.9 Å². The Kier molecular flexibility index (Phi) is 4.05. The van der Waals surface area contributed by atoms with E-state index in [1.807, 2.05) is 0 Å². The van der Waals surface area contributed by atoms with Gasteiger partial charge in [-0.2, -0.15) is 0 Å². The molecule has 0 aliphatic rings. The van der Waals surface area contributed by atoms with E-state index in [9.17, 15) is 14.5 Å². The lowest BCUT2D eigenvalue weighted by atomic mass is 10.2. The fourth-order valence-corrected chi connectivity index (χ4v) is 1.96. The van der Waals surface area contributed by atoms with Crippen molar-refractivity contribution in [3.8, 4) is 0 Å². The van der Waals surface area contributed by atoms with Gasteiger partial charge >= 0.3 is 5.69 Å². The van der Waals surface area contributed by atoms with Crippen LogP contribution in [0.1, 0.15) is 5.56 Å². The van der Waals surface area contributed by atoms with Gasteiger partial charge in [0.2, 0.25) is 0 Å². The summed E-state index contributed by atoms with van der Waals surface area (Å²) in [5, 5.41) is 13.9. The van der Waals surface area contributed by atoms with E-state index in [0.29, 0.717) is 11.3 Å². The maximum Gasteiger partial charge on any atom is 0.314 e. The van der Waals surface area contributed by atoms with Crippen LogP contribution in [0.3, 0.4) is 0 Å². The Morgan fingerprint density at radius 3 is 2.75 bits per heavy atom. The topological polar surface area (TPSA) is 81.2 Å². The van der Waals surface area contributed by atoms with Gasteiger partial charge in [0.05, 0.1) is 9.95 Å². The van der Waals surface area contributed by atoms with Gasteiger partial charge in [-0.1, -0.05) is 23.7 Å². The van der Waals surface area contributed by atoms with Crippen molar-refractivity contribution in [1.29, 1.82) is 0 Å². The molecule has 2 rings (SSSR count). The van der Waals surface area contributed by atoms with E-state index in [4.69, 9.17) is 17.3 Å². The first-order chi connectivity index (χ1) is 9.49. The summed E-state index contributed by atoms with van der Waals surface area (Å²) in [6.07, 6.45) is 0. The minimum absolute atomic E-state index is 0.00590. The summed E-state index contributed by atoms with van der Waals surface area (Å²) >= 11 is 5.67. The Bertz CT molecular complexity index is 664. The van der Waals surface area contributed by atoms with Crippen molar-refractivity contribution < 1.29 is 9.31 Å². The Labute approximate surface area is 119 Å². The fraction of sp³-hybridized carbons (Fsp3) is 0.0769. The highest BCUT2D eigenvalue weighted by Crippen LogP contribution is 2.30. The minimum Gasteiger partial charge on any atom is -0.393 e. The average molecular weight is 296 g/mol. The van der Waals surface area contributed by atoms with E-state index in [0.717, 1.165) is 0 Å². The summed E-state index contributed by atoms with van der Waals surface area (Å²) in [5.41, 5.74) is 6.49. The average Bonchev–Trinajstić information content (AvgIpc) is 2.39. The van der Waals surface area contributed by atoms with Crippen LogP contribution in [0.15, 0.2) is 36.4 Å². The number of hydrogen-bond acceptors (Lipinski definition) is 4. The summed E-state index contributed by atoms with van der Waals surface area (Å²) in [5.74, 6) is -0.509. The summed E-state index contributed by atoms with van der Waals surface area (Å²) in [7, 11) is 0. The van der Waals surface area contributed by atoms with Crippen molar-refractivity contribution in [3.63, 3.8) is 0 Å². The number of anilines is 2. The number of nitrogen functional groups attached to an aromatic ring is 1. The van der Waals surface area contributed by atoms with Gasteiger partial charge in [-0.15, -0.1) is 0 Å².